The molecule has 0 bridgehead atoms. The Morgan fingerprint density at radius 3 is 2.13 bits per heavy atom. The maximum atomic E-state index is 14.0. The summed E-state index contributed by atoms with van der Waals surface area (Å²) in [6.07, 6.45) is -0.0409. The summed E-state index contributed by atoms with van der Waals surface area (Å²) in [5.74, 6) is -0.491. The van der Waals surface area contributed by atoms with Crippen LogP contribution < -0.4 is 20.3 Å². The standard InChI is InChI=1S/C51H66N6O9S/c1-34(36-9-11-38(12-10-36)47-35(2)52-33-67-47)53-49(60)45-30-41(58)31-57(45)50(61)48(51(3,4)5)55-46(59)32-65-28-27-64-26-25-63-24-23-62-21-8-22-66-42-18-20-44-39(29-42)15-19-43(54-44)37-13-16-40(17-14-37)56(6)7/h9-20,29,33-34,41,45,48,58H,8,21-28,30-32H2,1-7H3,(H,53,60)(H,55,59)/t34-,41+,45-,48+/m0/s1. The van der Waals surface area contributed by atoms with Crippen molar-refractivity contribution < 1.29 is 43.2 Å². The molecule has 3 N–H and O–H groups in total. The molecule has 5 aromatic rings. The van der Waals surface area contributed by atoms with E-state index in [4.69, 9.17) is 28.7 Å². The van der Waals surface area contributed by atoms with Gasteiger partial charge >= 0.3 is 0 Å². The number of carbonyl (C=O) groups excluding carboxylic acids is 3. The van der Waals surface area contributed by atoms with Gasteiger partial charge in [0.1, 0.15) is 24.4 Å². The molecule has 1 saturated heterocycles. The van der Waals surface area contributed by atoms with Crippen molar-refractivity contribution in [1.29, 1.82) is 0 Å². The van der Waals surface area contributed by atoms with Crippen LogP contribution >= 0.6 is 11.3 Å². The number of nitrogens with one attached hydrogen (secondary N) is 2. The van der Waals surface area contributed by atoms with E-state index in [1.54, 1.807) is 11.3 Å². The van der Waals surface area contributed by atoms with E-state index in [9.17, 15) is 19.5 Å². The smallest absolute Gasteiger partial charge is 0.246 e. The summed E-state index contributed by atoms with van der Waals surface area (Å²) in [5.41, 5.74) is 8.10. The van der Waals surface area contributed by atoms with E-state index < -0.39 is 35.4 Å². The van der Waals surface area contributed by atoms with Crippen LogP contribution in [0.15, 0.2) is 84.4 Å². The number of hydrogen-bond donors (Lipinski definition) is 3. The number of carbonyl (C=O) groups is 3. The second kappa shape index (κ2) is 24.5. The van der Waals surface area contributed by atoms with Crippen LogP contribution in [0.2, 0.25) is 0 Å². The Morgan fingerprint density at radius 1 is 0.836 bits per heavy atom. The maximum Gasteiger partial charge on any atom is 0.246 e. The number of aliphatic hydroxyl groups excluding tert-OH is 1. The third kappa shape index (κ3) is 14.7. The lowest BCUT2D eigenvalue weighted by atomic mass is 9.85. The number of β-amino-alcohol motifs (C(OH)–C–C–N with tert-alkyl or cyclic N) is 1. The number of pyridine rings is 1. The molecule has 0 saturated carbocycles. The first-order chi connectivity index (χ1) is 32.2. The summed E-state index contributed by atoms with van der Waals surface area (Å²) in [6, 6.07) is 24.1. The highest BCUT2D eigenvalue weighted by Gasteiger charge is 2.44. The van der Waals surface area contributed by atoms with Gasteiger partial charge in [-0.2, -0.15) is 0 Å². The van der Waals surface area contributed by atoms with Crippen molar-refractivity contribution in [3.63, 3.8) is 0 Å². The zero-order valence-electron chi connectivity index (χ0n) is 39.8. The number of nitrogens with zero attached hydrogens (tertiary/aromatic N) is 4. The van der Waals surface area contributed by atoms with Gasteiger partial charge in [0.25, 0.3) is 0 Å². The van der Waals surface area contributed by atoms with Crippen molar-refractivity contribution in [1.82, 2.24) is 25.5 Å². The van der Waals surface area contributed by atoms with Gasteiger partial charge in [0, 0.05) is 56.7 Å². The number of likely N-dealkylation sites (tertiary alicyclic amines) is 1. The number of fused-ring (bicyclic) bond motifs is 1. The number of aromatic nitrogens is 2. The molecular formula is C51H66N6O9S. The van der Waals surface area contributed by atoms with Crippen LogP contribution in [0.25, 0.3) is 32.6 Å². The van der Waals surface area contributed by atoms with Gasteiger partial charge in [-0.05, 0) is 66.8 Å². The summed E-state index contributed by atoms with van der Waals surface area (Å²) in [4.78, 5) is 54.3. The predicted octanol–water partition coefficient (Wildman–Crippen LogP) is 6.61. The van der Waals surface area contributed by atoms with Crippen LogP contribution in [0.5, 0.6) is 5.75 Å². The van der Waals surface area contributed by atoms with Crippen LogP contribution in [-0.2, 0) is 33.3 Å². The number of rotatable bonds is 24. The zero-order chi connectivity index (χ0) is 47.9. The highest BCUT2D eigenvalue weighted by atomic mass is 32.1. The molecular weight excluding hydrogens is 873 g/mol. The predicted molar refractivity (Wildman–Crippen MR) is 261 cm³/mol. The van der Waals surface area contributed by atoms with Crippen molar-refractivity contribution in [2.45, 2.75) is 71.7 Å². The lowest BCUT2D eigenvalue weighted by Crippen LogP contribution is -2.58. The highest BCUT2D eigenvalue weighted by Crippen LogP contribution is 2.30. The van der Waals surface area contributed by atoms with E-state index in [0.29, 0.717) is 39.6 Å². The van der Waals surface area contributed by atoms with E-state index >= 15 is 0 Å². The van der Waals surface area contributed by atoms with Crippen LogP contribution in [0, 0.1) is 12.3 Å². The number of amides is 3. The second-order valence-electron chi connectivity index (χ2n) is 18.0. The largest absolute Gasteiger partial charge is 0.493 e. The molecule has 15 nitrogen and oxygen atoms in total. The number of aryl methyl sites for hydroxylation is 1. The first-order valence-electron chi connectivity index (χ1n) is 22.9. The van der Waals surface area contributed by atoms with Crippen molar-refractivity contribution in [3.8, 4) is 27.4 Å². The summed E-state index contributed by atoms with van der Waals surface area (Å²) in [7, 11) is 4.05. The Labute approximate surface area is 398 Å². The van der Waals surface area contributed by atoms with E-state index in [0.717, 1.165) is 61.7 Å². The lowest BCUT2D eigenvalue weighted by Gasteiger charge is -2.35. The number of hydrogen-bond acceptors (Lipinski definition) is 13. The van der Waals surface area contributed by atoms with Crippen LogP contribution in [0.4, 0.5) is 5.69 Å². The third-order valence-electron chi connectivity index (χ3n) is 11.5. The number of thiazole rings is 1. The minimum Gasteiger partial charge on any atom is -0.493 e. The molecule has 0 aliphatic carbocycles. The summed E-state index contributed by atoms with van der Waals surface area (Å²) >= 11 is 1.58. The third-order valence-corrected chi connectivity index (χ3v) is 12.4. The summed E-state index contributed by atoms with van der Waals surface area (Å²) in [6.45, 7) is 12.2. The average Bonchev–Trinajstić information content (AvgIpc) is 3.93. The number of aliphatic hydroxyl groups is 1. The van der Waals surface area contributed by atoms with E-state index in [1.165, 1.54) is 4.90 Å². The molecule has 6 rings (SSSR count). The maximum absolute atomic E-state index is 14.0. The summed E-state index contributed by atoms with van der Waals surface area (Å²) < 4.78 is 28.4. The average molecular weight is 939 g/mol. The minimum absolute atomic E-state index is 0.0151. The van der Waals surface area contributed by atoms with Gasteiger partial charge in [-0.1, -0.05) is 63.2 Å². The Morgan fingerprint density at radius 2 is 1.49 bits per heavy atom. The van der Waals surface area contributed by atoms with Gasteiger partial charge in [-0.25, -0.2) is 9.97 Å². The summed E-state index contributed by atoms with van der Waals surface area (Å²) in [5, 5.41) is 17.4. The molecule has 1 fully saturated rings. The van der Waals surface area contributed by atoms with Crippen LogP contribution in [-0.4, -0.2) is 136 Å². The molecule has 2 aromatic heterocycles. The van der Waals surface area contributed by atoms with E-state index in [-0.39, 0.29) is 44.7 Å². The molecule has 16 heteroatoms. The molecule has 3 amide bonds. The topological polar surface area (TPSA) is 174 Å². The fraction of sp³-hybridized carbons (Fsp3) is 0.471. The van der Waals surface area contributed by atoms with Gasteiger partial charge in [-0.3, -0.25) is 14.4 Å². The van der Waals surface area contributed by atoms with Crippen molar-refractivity contribution >= 4 is 45.6 Å². The van der Waals surface area contributed by atoms with Gasteiger partial charge in [0.2, 0.25) is 17.7 Å². The van der Waals surface area contributed by atoms with Crippen molar-refractivity contribution in [2.24, 2.45) is 5.41 Å². The molecule has 3 aromatic carbocycles. The van der Waals surface area contributed by atoms with Gasteiger partial charge in [0.05, 0.1) is 85.7 Å². The zero-order valence-corrected chi connectivity index (χ0v) is 40.6. The van der Waals surface area contributed by atoms with Gasteiger partial charge in [0.15, 0.2) is 0 Å². The monoisotopic (exact) mass is 938 g/mol. The molecule has 0 unspecified atom stereocenters. The fourth-order valence-corrected chi connectivity index (χ4v) is 8.49. The molecule has 0 spiro atoms. The highest BCUT2D eigenvalue weighted by molar-refractivity contribution is 7.13. The molecule has 360 valence electrons. The molecule has 0 radical (unpaired) electrons. The van der Waals surface area contributed by atoms with Gasteiger partial charge < -0.3 is 49.2 Å². The Bertz CT molecular complexity index is 2370. The number of benzene rings is 3. The Hall–Kier alpha value is -5.49. The molecule has 67 heavy (non-hydrogen) atoms. The fourth-order valence-electron chi connectivity index (χ4n) is 7.68. The lowest BCUT2D eigenvalue weighted by molar-refractivity contribution is -0.144. The van der Waals surface area contributed by atoms with E-state index in [2.05, 4.69) is 50.8 Å². The van der Waals surface area contributed by atoms with Crippen LogP contribution in [0.1, 0.15) is 57.8 Å². The van der Waals surface area contributed by atoms with Crippen LogP contribution in [0.3, 0.4) is 0 Å². The minimum atomic E-state index is -0.962. The first kappa shape index (κ1) is 50.9. The Kier molecular flexibility index (Phi) is 18.6. The molecule has 4 atom stereocenters. The molecule has 3 heterocycles. The van der Waals surface area contributed by atoms with E-state index in [1.807, 2.05) is 103 Å². The van der Waals surface area contributed by atoms with Crippen molar-refractivity contribution in [2.75, 3.05) is 85.0 Å². The second-order valence-corrected chi connectivity index (χ2v) is 18.8. The number of ether oxygens (including phenoxy) is 5. The number of anilines is 1. The first-order valence-corrected chi connectivity index (χ1v) is 23.8. The quantitative estimate of drug-likeness (QED) is 0.0567. The Balaban J connectivity index is 0.803. The van der Waals surface area contributed by atoms with Gasteiger partial charge in [-0.15, -0.1) is 11.3 Å². The van der Waals surface area contributed by atoms with Crippen molar-refractivity contribution in [3.05, 3.63) is 95.6 Å². The SMILES string of the molecule is Cc1ncsc1-c1ccc([C@H](C)NC(=O)[C@@H]2C[C@@H](O)CN2C(=O)[C@@H](NC(=O)COCCOCCOCCOCCCOc2ccc3nc(-c4ccc(N(C)C)cc4)ccc3c2)C(C)(C)C)cc1. The molecule has 1 aliphatic rings. The molecule has 1 aliphatic heterocycles. The normalized spacial score (nSPS) is 15.9.